The number of Topliss-reactive ketones (excluding diaryl/α,β-unsaturated/α-hetero) is 2. The van der Waals surface area contributed by atoms with E-state index in [-0.39, 0.29) is 19.0 Å². The van der Waals surface area contributed by atoms with Crippen LogP contribution in [0.4, 0.5) is 0 Å². The lowest BCUT2D eigenvalue weighted by atomic mass is 10.1. The Morgan fingerprint density at radius 2 is 1.00 bits per heavy atom. The zero-order valence-corrected chi connectivity index (χ0v) is 13.4. The molecule has 0 saturated carbocycles. The molecule has 0 aliphatic heterocycles. The predicted octanol–water partition coefficient (Wildman–Crippen LogP) is 3.22. The molecule has 0 aromatic carbocycles. The van der Waals surface area contributed by atoms with Crippen molar-refractivity contribution in [2.75, 3.05) is 0 Å². The molecule has 0 bridgehead atoms. The highest BCUT2D eigenvalue weighted by Gasteiger charge is 2.06. The second kappa shape index (κ2) is 13.7. The Morgan fingerprint density at radius 3 is 1.14 bits per heavy atom. The summed E-state index contributed by atoms with van der Waals surface area (Å²) < 4.78 is 0. The molecule has 4 heteroatoms. The SMILES string of the molecule is C.CC(=O)[C@@H](O)CC=C(C)C.CC(=O)[C@H](O)CC=C(C)C. The molecule has 0 amide bonds. The summed E-state index contributed by atoms with van der Waals surface area (Å²) in [6.07, 6.45) is 2.97. The Hall–Kier alpha value is -1.26. The highest BCUT2D eigenvalue weighted by Crippen LogP contribution is 1.99. The van der Waals surface area contributed by atoms with Crippen molar-refractivity contribution in [1.82, 2.24) is 0 Å². The van der Waals surface area contributed by atoms with Crippen molar-refractivity contribution in [2.45, 2.75) is 74.0 Å². The van der Waals surface area contributed by atoms with Crippen LogP contribution in [0.1, 0.15) is 61.8 Å². The first kappa shape index (κ1) is 24.7. The minimum absolute atomic E-state index is 0. The molecular formula is C17H32O4. The third-order valence-corrected chi connectivity index (χ3v) is 2.44. The molecule has 0 fully saturated rings. The number of aliphatic hydroxyl groups is 2. The van der Waals surface area contributed by atoms with Gasteiger partial charge in [0.1, 0.15) is 12.2 Å². The van der Waals surface area contributed by atoms with Crippen LogP contribution in [0.15, 0.2) is 23.3 Å². The van der Waals surface area contributed by atoms with Crippen molar-refractivity contribution in [3.05, 3.63) is 23.3 Å². The number of hydrogen-bond acceptors (Lipinski definition) is 4. The normalized spacial score (nSPS) is 11.8. The predicted molar refractivity (Wildman–Crippen MR) is 88.2 cm³/mol. The van der Waals surface area contributed by atoms with Gasteiger partial charge in [0.25, 0.3) is 0 Å². The van der Waals surface area contributed by atoms with E-state index in [2.05, 4.69) is 0 Å². The highest BCUT2D eigenvalue weighted by molar-refractivity contribution is 5.80. The van der Waals surface area contributed by atoms with Crippen LogP contribution >= 0.6 is 0 Å². The Bertz CT molecular complexity index is 323. The first-order chi connectivity index (χ1) is 9.07. The summed E-state index contributed by atoms with van der Waals surface area (Å²) in [5.41, 5.74) is 2.25. The summed E-state index contributed by atoms with van der Waals surface area (Å²) in [5.74, 6) is -0.338. The average molecular weight is 300 g/mol. The molecule has 0 unspecified atom stereocenters. The Kier molecular flexibility index (Phi) is 16.2. The molecule has 0 aromatic heterocycles. The lowest BCUT2D eigenvalue weighted by Gasteiger charge is -2.01. The summed E-state index contributed by atoms with van der Waals surface area (Å²) in [4.78, 5) is 21.0. The summed E-state index contributed by atoms with van der Waals surface area (Å²) in [6, 6.07) is 0. The molecule has 21 heavy (non-hydrogen) atoms. The molecule has 2 N–H and O–H groups in total. The Balaban J connectivity index is -0.000000295. The van der Waals surface area contributed by atoms with Crippen molar-refractivity contribution in [1.29, 1.82) is 0 Å². The van der Waals surface area contributed by atoms with Crippen molar-refractivity contribution in [2.24, 2.45) is 0 Å². The van der Waals surface area contributed by atoms with Gasteiger partial charge in [-0.1, -0.05) is 30.7 Å². The fourth-order valence-corrected chi connectivity index (χ4v) is 1.03. The van der Waals surface area contributed by atoms with Crippen LogP contribution in [0.2, 0.25) is 0 Å². The van der Waals surface area contributed by atoms with Crippen molar-refractivity contribution >= 4 is 11.6 Å². The van der Waals surface area contributed by atoms with Crippen LogP contribution in [0.3, 0.4) is 0 Å². The van der Waals surface area contributed by atoms with Crippen LogP contribution in [-0.2, 0) is 9.59 Å². The summed E-state index contributed by atoms with van der Waals surface area (Å²) in [7, 11) is 0. The number of carbonyl (C=O) groups is 2. The van der Waals surface area contributed by atoms with Gasteiger partial charge in [-0.2, -0.15) is 0 Å². The third kappa shape index (κ3) is 18.7. The van der Waals surface area contributed by atoms with Crippen LogP contribution < -0.4 is 0 Å². The van der Waals surface area contributed by atoms with E-state index in [4.69, 9.17) is 10.2 Å². The maximum absolute atomic E-state index is 10.5. The van der Waals surface area contributed by atoms with E-state index in [1.165, 1.54) is 13.8 Å². The van der Waals surface area contributed by atoms with Gasteiger partial charge in [-0.3, -0.25) is 9.59 Å². The van der Waals surface area contributed by atoms with Gasteiger partial charge in [-0.05, 0) is 54.4 Å². The Labute approximate surface area is 129 Å². The molecule has 124 valence electrons. The number of ketones is 2. The van der Waals surface area contributed by atoms with Crippen LogP contribution in [-0.4, -0.2) is 34.0 Å². The van der Waals surface area contributed by atoms with E-state index in [0.29, 0.717) is 12.8 Å². The quantitative estimate of drug-likeness (QED) is 0.739. The standard InChI is InChI=1S/2C8H14O2.CH4/c2*1-6(2)4-5-8(10)7(3)9;/h2*4,8,10H,5H2,1-3H3;1H4/t2*8-;/m10./s1. The fraction of sp³-hybridized carbons (Fsp3) is 0.647. The van der Waals surface area contributed by atoms with Crippen LogP contribution in [0, 0.1) is 0 Å². The first-order valence-corrected chi connectivity index (χ1v) is 6.71. The molecule has 0 aromatic rings. The van der Waals surface area contributed by atoms with E-state index in [0.717, 1.165) is 11.1 Å². The van der Waals surface area contributed by atoms with E-state index in [9.17, 15) is 9.59 Å². The minimum atomic E-state index is -0.810. The van der Waals surface area contributed by atoms with Crippen LogP contribution in [0.5, 0.6) is 0 Å². The lowest BCUT2D eigenvalue weighted by molar-refractivity contribution is -0.125. The highest BCUT2D eigenvalue weighted by atomic mass is 16.3. The molecule has 0 spiro atoms. The summed E-state index contributed by atoms with van der Waals surface area (Å²) >= 11 is 0. The smallest absolute Gasteiger partial charge is 0.158 e. The minimum Gasteiger partial charge on any atom is -0.385 e. The van der Waals surface area contributed by atoms with Gasteiger partial charge in [0, 0.05) is 0 Å². The summed E-state index contributed by atoms with van der Waals surface area (Å²) in [6.45, 7) is 10.5. The Morgan fingerprint density at radius 1 is 0.762 bits per heavy atom. The van der Waals surface area contributed by atoms with Crippen LogP contribution in [0.25, 0.3) is 0 Å². The number of hydrogen-bond donors (Lipinski definition) is 2. The molecular weight excluding hydrogens is 268 g/mol. The number of carbonyl (C=O) groups excluding carboxylic acids is 2. The zero-order chi connectivity index (χ0) is 16.3. The maximum Gasteiger partial charge on any atom is 0.158 e. The number of aliphatic hydroxyl groups excluding tert-OH is 2. The summed E-state index contributed by atoms with van der Waals surface area (Å²) in [5, 5.41) is 18.0. The fourth-order valence-electron chi connectivity index (χ4n) is 1.03. The first-order valence-electron chi connectivity index (χ1n) is 6.71. The molecule has 0 rings (SSSR count). The molecule has 0 saturated heterocycles. The van der Waals surface area contributed by atoms with Gasteiger partial charge >= 0.3 is 0 Å². The second-order valence-corrected chi connectivity index (χ2v) is 5.29. The molecule has 0 radical (unpaired) electrons. The van der Waals surface area contributed by atoms with Gasteiger partial charge < -0.3 is 10.2 Å². The molecule has 0 aliphatic rings. The molecule has 2 atom stereocenters. The van der Waals surface area contributed by atoms with Crippen molar-refractivity contribution in [3.63, 3.8) is 0 Å². The van der Waals surface area contributed by atoms with E-state index >= 15 is 0 Å². The average Bonchev–Trinajstić information content (AvgIpc) is 2.33. The largest absolute Gasteiger partial charge is 0.385 e. The number of rotatable bonds is 6. The third-order valence-electron chi connectivity index (χ3n) is 2.44. The topological polar surface area (TPSA) is 74.6 Å². The van der Waals surface area contributed by atoms with E-state index in [1.54, 1.807) is 0 Å². The van der Waals surface area contributed by atoms with E-state index < -0.39 is 12.2 Å². The van der Waals surface area contributed by atoms with E-state index in [1.807, 2.05) is 39.8 Å². The van der Waals surface area contributed by atoms with Gasteiger partial charge in [-0.15, -0.1) is 0 Å². The second-order valence-electron chi connectivity index (χ2n) is 5.29. The zero-order valence-electron chi connectivity index (χ0n) is 13.4. The monoisotopic (exact) mass is 300 g/mol. The van der Waals surface area contributed by atoms with Gasteiger partial charge in [0.2, 0.25) is 0 Å². The van der Waals surface area contributed by atoms with Gasteiger partial charge in [0.15, 0.2) is 11.6 Å². The molecule has 0 heterocycles. The van der Waals surface area contributed by atoms with Crippen molar-refractivity contribution in [3.8, 4) is 0 Å². The van der Waals surface area contributed by atoms with Gasteiger partial charge in [0.05, 0.1) is 0 Å². The maximum atomic E-state index is 10.5. The van der Waals surface area contributed by atoms with Gasteiger partial charge in [-0.25, -0.2) is 0 Å². The lowest BCUT2D eigenvalue weighted by Crippen LogP contribution is -2.15. The molecule has 4 nitrogen and oxygen atoms in total. The van der Waals surface area contributed by atoms with Crippen molar-refractivity contribution < 1.29 is 19.8 Å². The number of allylic oxidation sites excluding steroid dienone is 2. The molecule has 0 aliphatic carbocycles.